The Balaban J connectivity index is 2.71. The zero-order valence-corrected chi connectivity index (χ0v) is 6.67. The molecule has 0 fully saturated rings. The first-order chi connectivity index (χ1) is 5.16. The van der Waals surface area contributed by atoms with Gasteiger partial charge in [0.05, 0.1) is 5.54 Å². The molecule has 0 radical (unpaired) electrons. The molecule has 62 valence electrons. The molecule has 0 aromatic rings. The SMILES string of the molecule is CC1(NO)C=CC(N)=CCC1. The van der Waals surface area contributed by atoms with Crippen LogP contribution in [-0.4, -0.2) is 10.7 Å². The second-order valence-electron chi connectivity index (χ2n) is 3.11. The van der Waals surface area contributed by atoms with Gasteiger partial charge in [-0.3, -0.25) is 0 Å². The van der Waals surface area contributed by atoms with Crippen LogP contribution in [0.5, 0.6) is 0 Å². The van der Waals surface area contributed by atoms with Crippen molar-refractivity contribution < 1.29 is 5.21 Å². The highest BCUT2D eigenvalue weighted by molar-refractivity contribution is 5.22. The summed E-state index contributed by atoms with van der Waals surface area (Å²) < 4.78 is 0. The average molecular weight is 154 g/mol. The summed E-state index contributed by atoms with van der Waals surface area (Å²) in [6.45, 7) is 1.93. The van der Waals surface area contributed by atoms with Gasteiger partial charge >= 0.3 is 0 Å². The van der Waals surface area contributed by atoms with Gasteiger partial charge in [0.25, 0.3) is 0 Å². The lowest BCUT2D eigenvalue weighted by atomic mass is 9.98. The molecule has 0 bridgehead atoms. The van der Waals surface area contributed by atoms with Crippen LogP contribution in [0, 0.1) is 0 Å². The van der Waals surface area contributed by atoms with E-state index >= 15 is 0 Å². The third kappa shape index (κ3) is 2.06. The lowest BCUT2D eigenvalue weighted by Gasteiger charge is -2.21. The second-order valence-corrected chi connectivity index (χ2v) is 3.11. The number of rotatable bonds is 1. The smallest absolute Gasteiger partial charge is 0.0587 e. The summed E-state index contributed by atoms with van der Waals surface area (Å²) in [6, 6.07) is 0. The van der Waals surface area contributed by atoms with Crippen LogP contribution in [0.1, 0.15) is 19.8 Å². The van der Waals surface area contributed by atoms with Gasteiger partial charge in [-0.1, -0.05) is 12.2 Å². The van der Waals surface area contributed by atoms with Gasteiger partial charge in [-0.25, -0.2) is 0 Å². The van der Waals surface area contributed by atoms with E-state index in [1.165, 1.54) is 0 Å². The van der Waals surface area contributed by atoms with E-state index in [0.29, 0.717) is 0 Å². The van der Waals surface area contributed by atoms with Crippen LogP contribution >= 0.6 is 0 Å². The number of nitrogens with one attached hydrogen (secondary N) is 1. The molecular weight excluding hydrogens is 140 g/mol. The lowest BCUT2D eigenvalue weighted by Crippen LogP contribution is -2.37. The van der Waals surface area contributed by atoms with Gasteiger partial charge < -0.3 is 10.9 Å². The molecule has 1 aliphatic rings. The van der Waals surface area contributed by atoms with Gasteiger partial charge in [0.2, 0.25) is 0 Å². The highest BCUT2D eigenvalue weighted by Crippen LogP contribution is 2.17. The van der Waals surface area contributed by atoms with Crippen LogP contribution in [0.15, 0.2) is 23.9 Å². The fraction of sp³-hybridized carbons (Fsp3) is 0.500. The molecule has 1 aliphatic carbocycles. The lowest BCUT2D eigenvalue weighted by molar-refractivity contribution is 0.0930. The van der Waals surface area contributed by atoms with Gasteiger partial charge in [0, 0.05) is 5.70 Å². The first kappa shape index (κ1) is 8.30. The van der Waals surface area contributed by atoms with Crippen LogP contribution in [0.3, 0.4) is 0 Å². The van der Waals surface area contributed by atoms with E-state index in [1.807, 2.05) is 25.2 Å². The van der Waals surface area contributed by atoms with Crippen molar-refractivity contribution in [1.29, 1.82) is 0 Å². The second kappa shape index (κ2) is 3.07. The molecule has 0 amide bonds. The Labute approximate surface area is 66.5 Å². The summed E-state index contributed by atoms with van der Waals surface area (Å²) >= 11 is 0. The van der Waals surface area contributed by atoms with Crippen LogP contribution in [0.4, 0.5) is 0 Å². The molecule has 3 heteroatoms. The van der Waals surface area contributed by atoms with Crippen LogP contribution < -0.4 is 11.2 Å². The van der Waals surface area contributed by atoms with Crippen LogP contribution in [0.25, 0.3) is 0 Å². The van der Waals surface area contributed by atoms with Gasteiger partial charge in [0.15, 0.2) is 0 Å². The van der Waals surface area contributed by atoms with Gasteiger partial charge in [-0.05, 0) is 25.8 Å². The number of allylic oxidation sites excluding steroid dienone is 2. The van der Waals surface area contributed by atoms with Crippen molar-refractivity contribution in [3.63, 3.8) is 0 Å². The molecule has 3 nitrogen and oxygen atoms in total. The highest BCUT2D eigenvalue weighted by Gasteiger charge is 2.19. The largest absolute Gasteiger partial charge is 0.399 e. The Morgan fingerprint density at radius 3 is 3.09 bits per heavy atom. The average Bonchev–Trinajstić information content (AvgIpc) is 2.15. The predicted molar refractivity (Wildman–Crippen MR) is 44.0 cm³/mol. The minimum absolute atomic E-state index is 0.322. The van der Waals surface area contributed by atoms with Gasteiger partial charge in [-0.2, -0.15) is 5.48 Å². The standard InChI is InChI=1S/C8H14N2O/c1-8(10-11)5-2-3-7(9)4-6-8/h3-4,6,10-11H,2,5,9H2,1H3. The summed E-state index contributed by atoms with van der Waals surface area (Å²) in [5, 5.41) is 8.80. The maximum atomic E-state index is 8.80. The van der Waals surface area contributed by atoms with Crippen molar-refractivity contribution in [2.45, 2.75) is 25.3 Å². The van der Waals surface area contributed by atoms with Gasteiger partial charge in [-0.15, -0.1) is 0 Å². The van der Waals surface area contributed by atoms with E-state index in [0.717, 1.165) is 18.5 Å². The quantitative estimate of drug-likeness (QED) is 0.492. The van der Waals surface area contributed by atoms with Crippen molar-refractivity contribution >= 4 is 0 Å². The Bertz CT molecular complexity index is 198. The highest BCUT2D eigenvalue weighted by atomic mass is 16.5. The van der Waals surface area contributed by atoms with Crippen molar-refractivity contribution in [2.24, 2.45) is 5.73 Å². The maximum absolute atomic E-state index is 8.80. The van der Waals surface area contributed by atoms with Crippen molar-refractivity contribution in [1.82, 2.24) is 5.48 Å². The fourth-order valence-electron chi connectivity index (χ4n) is 1.06. The minimum atomic E-state index is -0.322. The van der Waals surface area contributed by atoms with E-state index in [4.69, 9.17) is 10.9 Å². The first-order valence-electron chi connectivity index (χ1n) is 3.72. The summed E-state index contributed by atoms with van der Waals surface area (Å²) in [6.07, 6.45) is 7.41. The van der Waals surface area contributed by atoms with Crippen molar-refractivity contribution in [3.8, 4) is 0 Å². The predicted octanol–water partition coefficient (Wildman–Crippen LogP) is 0.917. The molecule has 0 saturated carbocycles. The van der Waals surface area contributed by atoms with Crippen LogP contribution in [0.2, 0.25) is 0 Å². The molecule has 0 saturated heterocycles. The molecule has 4 N–H and O–H groups in total. The summed E-state index contributed by atoms with van der Waals surface area (Å²) in [5.41, 5.74) is 8.29. The first-order valence-corrected chi connectivity index (χ1v) is 3.72. The summed E-state index contributed by atoms with van der Waals surface area (Å²) in [7, 11) is 0. The Morgan fingerprint density at radius 1 is 1.73 bits per heavy atom. The van der Waals surface area contributed by atoms with E-state index in [1.54, 1.807) is 0 Å². The van der Waals surface area contributed by atoms with Gasteiger partial charge in [0.1, 0.15) is 0 Å². The third-order valence-corrected chi connectivity index (χ3v) is 1.94. The number of nitrogens with two attached hydrogens (primary N) is 1. The van der Waals surface area contributed by atoms with Crippen LogP contribution in [-0.2, 0) is 0 Å². The zero-order chi connectivity index (χ0) is 8.32. The molecule has 0 aromatic heterocycles. The third-order valence-electron chi connectivity index (χ3n) is 1.94. The van der Waals surface area contributed by atoms with Crippen molar-refractivity contribution in [2.75, 3.05) is 0 Å². The molecule has 11 heavy (non-hydrogen) atoms. The summed E-state index contributed by atoms with van der Waals surface area (Å²) in [5.74, 6) is 0. The topological polar surface area (TPSA) is 58.3 Å². The molecule has 1 unspecified atom stereocenters. The number of hydrogen-bond acceptors (Lipinski definition) is 3. The van der Waals surface area contributed by atoms with E-state index in [2.05, 4.69) is 5.48 Å². The number of hydroxylamine groups is 1. The molecule has 0 aliphatic heterocycles. The molecule has 0 heterocycles. The monoisotopic (exact) mass is 154 g/mol. The summed E-state index contributed by atoms with van der Waals surface area (Å²) in [4.78, 5) is 0. The molecule has 1 atom stereocenters. The van der Waals surface area contributed by atoms with Crippen molar-refractivity contribution in [3.05, 3.63) is 23.9 Å². The van der Waals surface area contributed by atoms with E-state index in [9.17, 15) is 0 Å². The normalized spacial score (nSPS) is 31.3. The Hall–Kier alpha value is -0.800. The molecule has 1 rings (SSSR count). The maximum Gasteiger partial charge on any atom is 0.0587 e. The zero-order valence-electron chi connectivity index (χ0n) is 6.67. The Morgan fingerprint density at radius 2 is 2.45 bits per heavy atom. The minimum Gasteiger partial charge on any atom is -0.399 e. The fourth-order valence-corrected chi connectivity index (χ4v) is 1.06. The Kier molecular flexibility index (Phi) is 2.31. The number of hydrogen-bond donors (Lipinski definition) is 3. The van der Waals surface area contributed by atoms with E-state index < -0.39 is 0 Å². The molecule has 0 spiro atoms. The molecular formula is C8H14N2O. The van der Waals surface area contributed by atoms with E-state index in [-0.39, 0.29) is 5.54 Å². The molecule has 0 aromatic carbocycles.